The van der Waals surface area contributed by atoms with Crippen LogP contribution in [0.25, 0.3) is 0 Å². The first-order valence-electron chi connectivity index (χ1n) is 3.12. The van der Waals surface area contributed by atoms with Gasteiger partial charge in [0.1, 0.15) is 0 Å². The maximum atomic E-state index is 9.81. The van der Waals surface area contributed by atoms with Gasteiger partial charge in [0.25, 0.3) is 0 Å². The molecular formula is C8H6N2O3. The molecule has 0 heterocycles. The highest BCUT2D eigenvalue weighted by molar-refractivity contribution is 5.55. The lowest BCUT2D eigenvalue weighted by Gasteiger charge is -1.89. The molecule has 0 spiro atoms. The first-order chi connectivity index (χ1) is 5.86. The van der Waals surface area contributed by atoms with E-state index in [2.05, 4.69) is 9.98 Å². The molecule has 13 heavy (non-hydrogen) atoms. The molecule has 0 fully saturated rings. The van der Waals surface area contributed by atoms with Crippen LogP contribution in [-0.4, -0.2) is 17.6 Å². The highest BCUT2D eigenvalue weighted by Crippen LogP contribution is 2.16. The van der Waals surface area contributed by atoms with E-state index in [1.165, 1.54) is 12.2 Å². The van der Waals surface area contributed by atoms with Crippen LogP contribution in [0.3, 0.4) is 0 Å². The minimum Gasteiger partial charge on any atom is -0.412 e. The fraction of sp³-hybridized carbons (Fsp3) is 0. The largest absolute Gasteiger partial charge is 0.412 e. The Balaban J connectivity index is 0.00000144. The molecular weight excluding hydrogens is 172 g/mol. The fourth-order valence-electron chi connectivity index (χ4n) is 0.707. The first-order valence-corrected chi connectivity index (χ1v) is 3.12. The molecule has 0 bridgehead atoms. The molecule has 0 unspecified atom stereocenters. The third-order valence-corrected chi connectivity index (χ3v) is 1.20. The van der Waals surface area contributed by atoms with Gasteiger partial charge in [0.15, 0.2) is 0 Å². The number of hydrogen-bond donors (Lipinski definition) is 0. The average molecular weight is 178 g/mol. The summed E-state index contributed by atoms with van der Waals surface area (Å²) in [6, 6.07) is 6.23. The molecule has 0 aliphatic rings. The molecule has 1 rings (SSSR count). The average Bonchev–Trinajstić information content (AvgIpc) is 2.09. The lowest BCUT2D eigenvalue weighted by atomic mass is 10.3. The highest BCUT2D eigenvalue weighted by atomic mass is 16.1. The van der Waals surface area contributed by atoms with Crippen molar-refractivity contribution < 1.29 is 15.1 Å². The zero-order valence-corrected chi connectivity index (χ0v) is 6.52. The Bertz CT molecular complexity index is 322. The van der Waals surface area contributed by atoms with Gasteiger partial charge in [-0.15, -0.1) is 0 Å². The zero-order valence-electron chi connectivity index (χ0n) is 6.52. The summed E-state index contributed by atoms with van der Waals surface area (Å²) in [6.07, 6.45) is 2.80. The van der Waals surface area contributed by atoms with E-state index in [9.17, 15) is 9.59 Å². The van der Waals surface area contributed by atoms with E-state index in [0.29, 0.717) is 11.4 Å². The standard InChI is InChI=1S/C8H4N2O2.H2O/c11-5-9-7-1-2-8(4-3-7)10-6-12;/h1-4H;1H2. The molecule has 0 atom stereocenters. The minimum atomic E-state index is 0. The maximum Gasteiger partial charge on any atom is 0.240 e. The van der Waals surface area contributed by atoms with Crippen molar-refractivity contribution in [3.8, 4) is 0 Å². The Morgan fingerprint density at radius 1 is 0.846 bits per heavy atom. The van der Waals surface area contributed by atoms with E-state index in [0.717, 1.165) is 0 Å². The van der Waals surface area contributed by atoms with Crippen LogP contribution in [0.4, 0.5) is 11.4 Å². The Morgan fingerprint density at radius 2 is 1.15 bits per heavy atom. The van der Waals surface area contributed by atoms with Crippen molar-refractivity contribution in [2.24, 2.45) is 9.98 Å². The predicted molar refractivity (Wildman–Crippen MR) is 45.6 cm³/mol. The second-order valence-corrected chi connectivity index (χ2v) is 1.92. The van der Waals surface area contributed by atoms with Crippen molar-refractivity contribution in [1.29, 1.82) is 0 Å². The number of rotatable bonds is 2. The van der Waals surface area contributed by atoms with Crippen LogP contribution < -0.4 is 0 Å². The summed E-state index contributed by atoms with van der Waals surface area (Å²) in [5.74, 6) is 0. The van der Waals surface area contributed by atoms with Gasteiger partial charge >= 0.3 is 0 Å². The summed E-state index contributed by atoms with van der Waals surface area (Å²) in [5.41, 5.74) is 0.963. The van der Waals surface area contributed by atoms with E-state index < -0.39 is 0 Å². The molecule has 1 aromatic rings. The van der Waals surface area contributed by atoms with Gasteiger partial charge in [-0.1, -0.05) is 0 Å². The van der Waals surface area contributed by atoms with Crippen molar-refractivity contribution in [1.82, 2.24) is 0 Å². The van der Waals surface area contributed by atoms with Crippen LogP contribution in [0, 0.1) is 0 Å². The summed E-state index contributed by atoms with van der Waals surface area (Å²) in [7, 11) is 0. The van der Waals surface area contributed by atoms with Gasteiger partial charge in [0.05, 0.1) is 11.4 Å². The molecule has 1 aromatic carbocycles. The van der Waals surface area contributed by atoms with Gasteiger partial charge in [-0.25, -0.2) is 9.59 Å². The number of hydrogen-bond acceptors (Lipinski definition) is 4. The van der Waals surface area contributed by atoms with Crippen LogP contribution in [-0.2, 0) is 9.59 Å². The molecule has 0 saturated heterocycles. The van der Waals surface area contributed by atoms with Crippen molar-refractivity contribution >= 4 is 23.5 Å². The zero-order chi connectivity index (χ0) is 8.81. The predicted octanol–water partition coefficient (Wildman–Crippen LogP) is 0.796. The Labute approximate surface area is 73.8 Å². The molecule has 0 saturated carbocycles. The van der Waals surface area contributed by atoms with Gasteiger partial charge in [-0.2, -0.15) is 9.98 Å². The number of nitrogens with zero attached hydrogens (tertiary/aromatic N) is 2. The smallest absolute Gasteiger partial charge is 0.240 e. The Hall–Kier alpha value is -2.06. The highest BCUT2D eigenvalue weighted by Gasteiger charge is 1.89. The number of isocyanates is 2. The molecule has 0 aliphatic carbocycles. The van der Waals surface area contributed by atoms with Crippen molar-refractivity contribution in [2.75, 3.05) is 0 Å². The van der Waals surface area contributed by atoms with Crippen molar-refractivity contribution in [3.05, 3.63) is 24.3 Å². The fourth-order valence-corrected chi connectivity index (χ4v) is 0.707. The summed E-state index contributed by atoms with van der Waals surface area (Å²) in [4.78, 5) is 26.3. The number of aliphatic imine (C=N–C) groups is 2. The van der Waals surface area contributed by atoms with Crippen LogP contribution in [0.5, 0.6) is 0 Å². The van der Waals surface area contributed by atoms with Gasteiger partial charge in [-0.05, 0) is 24.3 Å². The third-order valence-electron chi connectivity index (χ3n) is 1.20. The lowest BCUT2D eigenvalue weighted by Crippen LogP contribution is -1.64. The topological polar surface area (TPSA) is 90.4 Å². The van der Waals surface area contributed by atoms with E-state index in [-0.39, 0.29) is 5.48 Å². The second kappa shape index (κ2) is 5.57. The van der Waals surface area contributed by atoms with Crippen molar-refractivity contribution in [3.63, 3.8) is 0 Å². The molecule has 2 N–H and O–H groups in total. The normalized spacial score (nSPS) is 7.38. The second-order valence-electron chi connectivity index (χ2n) is 1.92. The molecule has 0 aliphatic heterocycles. The van der Waals surface area contributed by atoms with Crippen LogP contribution >= 0.6 is 0 Å². The van der Waals surface area contributed by atoms with Gasteiger partial charge in [0.2, 0.25) is 12.2 Å². The number of carbonyl (C=O) groups excluding carboxylic acids is 2. The molecule has 0 aromatic heterocycles. The van der Waals surface area contributed by atoms with E-state index >= 15 is 0 Å². The number of benzene rings is 1. The van der Waals surface area contributed by atoms with Crippen LogP contribution in [0.1, 0.15) is 0 Å². The van der Waals surface area contributed by atoms with Gasteiger partial charge in [0, 0.05) is 0 Å². The third kappa shape index (κ3) is 3.22. The van der Waals surface area contributed by atoms with Gasteiger partial charge < -0.3 is 5.48 Å². The minimum absolute atomic E-state index is 0. The van der Waals surface area contributed by atoms with E-state index in [1.54, 1.807) is 24.3 Å². The Morgan fingerprint density at radius 3 is 1.38 bits per heavy atom. The molecule has 0 radical (unpaired) electrons. The van der Waals surface area contributed by atoms with E-state index in [4.69, 9.17) is 0 Å². The first kappa shape index (κ1) is 10.9. The van der Waals surface area contributed by atoms with Crippen LogP contribution in [0.15, 0.2) is 34.3 Å². The van der Waals surface area contributed by atoms with Crippen LogP contribution in [0.2, 0.25) is 0 Å². The maximum absolute atomic E-state index is 9.81. The van der Waals surface area contributed by atoms with Gasteiger partial charge in [-0.3, -0.25) is 0 Å². The summed E-state index contributed by atoms with van der Waals surface area (Å²) in [5, 5.41) is 0. The molecule has 5 nitrogen and oxygen atoms in total. The summed E-state index contributed by atoms with van der Waals surface area (Å²) in [6.45, 7) is 0. The molecule has 0 amide bonds. The summed E-state index contributed by atoms with van der Waals surface area (Å²) >= 11 is 0. The molecule has 5 heteroatoms. The molecule has 66 valence electrons. The summed E-state index contributed by atoms with van der Waals surface area (Å²) < 4.78 is 0. The Kier molecular flexibility index (Phi) is 4.69. The van der Waals surface area contributed by atoms with Crippen molar-refractivity contribution in [2.45, 2.75) is 0 Å². The SMILES string of the molecule is O.O=C=Nc1ccc(N=C=O)cc1. The lowest BCUT2D eigenvalue weighted by molar-refractivity contribution is 0.564. The van der Waals surface area contributed by atoms with E-state index in [1.807, 2.05) is 0 Å². The quantitative estimate of drug-likeness (QED) is 0.495. The monoisotopic (exact) mass is 178 g/mol.